The fraction of sp³-hybridized carbons (Fsp3) is 0.111. The Kier molecular flexibility index (Phi) is 4.76. The predicted molar refractivity (Wildman–Crippen MR) is 94.6 cm³/mol. The third-order valence-corrected chi connectivity index (χ3v) is 4.20. The SMILES string of the molecule is Cc1cccc(Cn2nccc2NC(=O)c2ccc(F)cc2Br)c1. The number of anilines is 1. The van der Waals surface area contributed by atoms with Gasteiger partial charge in [-0.25, -0.2) is 9.07 Å². The van der Waals surface area contributed by atoms with E-state index < -0.39 is 5.82 Å². The predicted octanol–water partition coefficient (Wildman–Crippen LogP) is 4.39. The first kappa shape index (κ1) is 16.4. The molecule has 0 saturated carbocycles. The van der Waals surface area contributed by atoms with Crippen molar-refractivity contribution in [2.45, 2.75) is 13.5 Å². The van der Waals surface area contributed by atoms with Crippen molar-refractivity contribution in [1.82, 2.24) is 9.78 Å². The molecule has 0 radical (unpaired) electrons. The maximum absolute atomic E-state index is 13.2. The second-order valence-corrected chi connectivity index (χ2v) is 6.30. The van der Waals surface area contributed by atoms with Crippen LogP contribution >= 0.6 is 15.9 Å². The molecule has 1 aromatic heterocycles. The number of halogens is 2. The zero-order valence-corrected chi connectivity index (χ0v) is 14.5. The molecule has 1 heterocycles. The van der Waals surface area contributed by atoms with Crippen molar-refractivity contribution in [3.8, 4) is 0 Å². The number of hydrogen-bond donors (Lipinski definition) is 1. The number of amides is 1. The monoisotopic (exact) mass is 387 g/mol. The minimum Gasteiger partial charge on any atom is -0.307 e. The van der Waals surface area contributed by atoms with E-state index in [0.29, 0.717) is 22.4 Å². The summed E-state index contributed by atoms with van der Waals surface area (Å²) in [5.41, 5.74) is 2.62. The summed E-state index contributed by atoms with van der Waals surface area (Å²) < 4.78 is 15.3. The minimum atomic E-state index is -0.400. The Morgan fingerprint density at radius 1 is 1.25 bits per heavy atom. The number of aryl methyl sites for hydroxylation is 1. The highest BCUT2D eigenvalue weighted by Gasteiger charge is 2.13. The topological polar surface area (TPSA) is 46.9 Å². The van der Waals surface area contributed by atoms with Gasteiger partial charge in [0.25, 0.3) is 5.91 Å². The number of nitrogens with zero attached hydrogens (tertiary/aromatic N) is 2. The molecule has 24 heavy (non-hydrogen) atoms. The van der Waals surface area contributed by atoms with Gasteiger partial charge in [0.05, 0.1) is 18.3 Å². The van der Waals surface area contributed by atoms with Gasteiger partial charge in [-0.15, -0.1) is 0 Å². The van der Waals surface area contributed by atoms with Gasteiger partial charge in [-0.05, 0) is 46.6 Å². The number of carbonyl (C=O) groups is 1. The zero-order chi connectivity index (χ0) is 17.1. The van der Waals surface area contributed by atoms with Crippen LogP contribution in [0.3, 0.4) is 0 Å². The molecule has 0 bridgehead atoms. The smallest absolute Gasteiger partial charge is 0.257 e. The summed E-state index contributed by atoms with van der Waals surface area (Å²) in [6.07, 6.45) is 1.63. The van der Waals surface area contributed by atoms with Gasteiger partial charge in [0.1, 0.15) is 11.6 Å². The Balaban J connectivity index is 1.79. The largest absolute Gasteiger partial charge is 0.307 e. The molecule has 1 amide bonds. The van der Waals surface area contributed by atoms with Crippen molar-refractivity contribution < 1.29 is 9.18 Å². The van der Waals surface area contributed by atoms with Crippen molar-refractivity contribution in [1.29, 1.82) is 0 Å². The molecule has 0 spiro atoms. The van der Waals surface area contributed by atoms with E-state index in [9.17, 15) is 9.18 Å². The molecule has 0 aliphatic heterocycles. The lowest BCUT2D eigenvalue weighted by Crippen LogP contribution is -2.16. The molecule has 3 rings (SSSR count). The first-order valence-corrected chi connectivity index (χ1v) is 8.16. The normalized spacial score (nSPS) is 10.6. The van der Waals surface area contributed by atoms with E-state index in [1.54, 1.807) is 16.9 Å². The van der Waals surface area contributed by atoms with Gasteiger partial charge < -0.3 is 5.32 Å². The van der Waals surface area contributed by atoms with Crippen LogP contribution in [-0.4, -0.2) is 15.7 Å². The molecule has 122 valence electrons. The van der Waals surface area contributed by atoms with Crippen LogP contribution in [0.15, 0.2) is 59.2 Å². The number of benzene rings is 2. The van der Waals surface area contributed by atoms with Gasteiger partial charge in [-0.2, -0.15) is 5.10 Å². The van der Waals surface area contributed by atoms with Crippen molar-refractivity contribution in [2.75, 3.05) is 5.32 Å². The molecular formula is C18H15BrFN3O. The molecule has 0 aliphatic rings. The number of hydrogen-bond acceptors (Lipinski definition) is 2. The first-order valence-electron chi connectivity index (χ1n) is 7.37. The summed E-state index contributed by atoms with van der Waals surface area (Å²) in [5, 5.41) is 7.07. The Hall–Kier alpha value is -2.47. The summed E-state index contributed by atoms with van der Waals surface area (Å²) in [6.45, 7) is 2.58. The molecule has 6 heteroatoms. The van der Waals surface area contributed by atoms with Crippen molar-refractivity contribution in [3.63, 3.8) is 0 Å². The fourth-order valence-corrected chi connectivity index (χ4v) is 2.94. The van der Waals surface area contributed by atoms with E-state index in [2.05, 4.69) is 32.4 Å². The number of aromatic nitrogens is 2. The maximum Gasteiger partial charge on any atom is 0.257 e. The zero-order valence-electron chi connectivity index (χ0n) is 13.0. The van der Waals surface area contributed by atoms with Crippen LogP contribution in [0.4, 0.5) is 10.2 Å². The maximum atomic E-state index is 13.2. The van der Waals surface area contributed by atoms with E-state index in [1.165, 1.54) is 23.8 Å². The van der Waals surface area contributed by atoms with Gasteiger partial charge in [0.2, 0.25) is 0 Å². The number of nitrogens with one attached hydrogen (secondary N) is 1. The summed E-state index contributed by atoms with van der Waals surface area (Å²) in [5.74, 6) is -0.145. The van der Waals surface area contributed by atoms with E-state index in [1.807, 2.05) is 25.1 Å². The highest BCUT2D eigenvalue weighted by Crippen LogP contribution is 2.20. The summed E-state index contributed by atoms with van der Waals surface area (Å²) in [7, 11) is 0. The lowest BCUT2D eigenvalue weighted by molar-refractivity contribution is 0.102. The van der Waals surface area contributed by atoms with E-state index in [0.717, 1.165) is 5.56 Å². The van der Waals surface area contributed by atoms with Crippen LogP contribution < -0.4 is 5.32 Å². The Morgan fingerprint density at radius 3 is 2.83 bits per heavy atom. The summed E-state index contributed by atoms with van der Waals surface area (Å²) in [4.78, 5) is 12.4. The quantitative estimate of drug-likeness (QED) is 0.721. The number of rotatable bonds is 4. The Bertz CT molecular complexity index is 891. The molecule has 0 unspecified atom stereocenters. The van der Waals surface area contributed by atoms with E-state index in [4.69, 9.17) is 0 Å². The molecule has 2 aromatic carbocycles. The molecule has 3 aromatic rings. The van der Waals surface area contributed by atoms with Crippen LogP contribution in [0.1, 0.15) is 21.5 Å². The Labute approximate surface area is 147 Å². The van der Waals surface area contributed by atoms with Gasteiger partial charge in [0, 0.05) is 10.5 Å². The molecule has 4 nitrogen and oxygen atoms in total. The first-order chi connectivity index (χ1) is 11.5. The van der Waals surface area contributed by atoms with Crippen LogP contribution in [0.5, 0.6) is 0 Å². The van der Waals surface area contributed by atoms with Crippen LogP contribution in [0.2, 0.25) is 0 Å². The lowest BCUT2D eigenvalue weighted by atomic mass is 10.1. The molecule has 0 aliphatic carbocycles. The standard InChI is InChI=1S/C18H15BrFN3O/c1-12-3-2-4-13(9-12)11-23-17(7-8-21-23)22-18(24)15-6-5-14(20)10-16(15)19/h2-10H,11H2,1H3,(H,22,24). The molecular weight excluding hydrogens is 373 g/mol. The fourth-order valence-electron chi connectivity index (χ4n) is 2.41. The third kappa shape index (κ3) is 3.71. The number of carbonyl (C=O) groups excluding carboxylic acids is 1. The van der Waals surface area contributed by atoms with Crippen LogP contribution in [0, 0.1) is 12.7 Å². The van der Waals surface area contributed by atoms with Gasteiger partial charge in [0.15, 0.2) is 0 Å². The lowest BCUT2D eigenvalue weighted by Gasteiger charge is -2.10. The van der Waals surface area contributed by atoms with Crippen molar-refractivity contribution in [2.24, 2.45) is 0 Å². The van der Waals surface area contributed by atoms with Gasteiger partial charge >= 0.3 is 0 Å². The van der Waals surface area contributed by atoms with Crippen molar-refractivity contribution >= 4 is 27.7 Å². The average Bonchev–Trinajstić information content (AvgIpc) is 2.94. The van der Waals surface area contributed by atoms with E-state index >= 15 is 0 Å². The average molecular weight is 388 g/mol. The van der Waals surface area contributed by atoms with Gasteiger partial charge in [-0.3, -0.25) is 4.79 Å². The highest BCUT2D eigenvalue weighted by atomic mass is 79.9. The summed E-state index contributed by atoms with van der Waals surface area (Å²) >= 11 is 3.21. The van der Waals surface area contributed by atoms with Gasteiger partial charge in [-0.1, -0.05) is 29.8 Å². The van der Waals surface area contributed by atoms with Crippen molar-refractivity contribution in [3.05, 3.63) is 81.7 Å². The molecule has 0 atom stereocenters. The van der Waals surface area contributed by atoms with Crippen LogP contribution in [-0.2, 0) is 6.54 Å². The minimum absolute atomic E-state index is 0.326. The molecule has 0 fully saturated rings. The van der Waals surface area contributed by atoms with Crippen LogP contribution in [0.25, 0.3) is 0 Å². The third-order valence-electron chi connectivity index (χ3n) is 3.55. The second-order valence-electron chi connectivity index (χ2n) is 5.44. The molecule has 1 N–H and O–H groups in total. The Morgan fingerprint density at radius 2 is 2.08 bits per heavy atom. The van der Waals surface area contributed by atoms with E-state index in [-0.39, 0.29) is 5.91 Å². The highest BCUT2D eigenvalue weighted by molar-refractivity contribution is 9.10. The summed E-state index contributed by atoms with van der Waals surface area (Å²) in [6, 6.07) is 13.8. The second kappa shape index (κ2) is 6.97. The molecule has 0 saturated heterocycles.